The number of amides is 1. The Morgan fingerprint density at radius 3 is 2.48 bits per heavy atom. The van der Waals surface area contributed by atoms with E-state index in [1.165, 1.54) is 29.2 Å². The van der Waals surface area contributed by atoms with Crippen molar-refractivity contribution in [3.05, 3.63) is 77.0 Å². The van der Waals surface area contributed by atoms with Crippen molar-refractivity contribution in [1.82, 2.24) is 0 Å². The summed E-state index contributed by atoms with van der Waals surface area (Å²) in [7, 11) is -3.33. The summed E-state index contributed by atoms with van der Waals surface area (Å²) in [5.74, 6) is -1.12. The Morgan fingerprint density at radius 2 is 1.92 bits per heavy atom. The van der Waals surface area contributed by atoms with Crippen molar-refractivity contribution in [1.29, 1.82) is 0 Å². The van der Waals surface area contributed by atoms with Crippen LogP contribution in [-0.2, 0) is 16.3 Å². The topological polar surface area (TPSA) is 54.5 Å². The van der Waals surface area contributed by atoms with E-state index in [0.717, 1.165) is 23.5 Å². The highest BCUT2D eigenvalue weighted by molar-refractivity contribution is 7.94. The van der Waals surface area contributed by atoms with Crippen LogP contribution in [-0.4, -0.2) is 26.1 Å². The van der Waals surface area contributed by atoms with E-state index >= 15 is 0 Å². The molecule has 2 aromatic rings. The molecule has 0 bridgehead atoms. The average Bonchev–Trinajstić information content (AvgIpc) is 2.95. The van der Waals surface area contributed by atoms with Gasteiger partial charge in [0.1, 0.15) is 5.82 Å². The summed E-state index contributed by atoms with van der Waals surface area (Å²) in [5, 5.41) is 1.13. The van der Waals surface area contributed by atoms with Crippen molar-refractivity contribution < 1.29 is 17.6 Å². The van der Waals surface area contributed by atoms with E-state index in [0.29, 0.717) is 5.69 Å². The average molecular weight is 359 g/mol. The second kappa shape index (κ2) is 6.80. The van der Waals surface area contributed by atoms with Gasteiger partial charge in [-0.15, -0.1) is 0 Å². The number of halogens is 1. The molecule has 1 heterocycles. The Bertz CT molecular complexity index is 920. The normalized spacial score (nSPS) is 18.2. The number of carbonyl (C=O) groups is 1. The van der Waals surface area contributed by atoms with Gasteiger partial charge in [-0.05, 0) is 48.4 Å². The summed E-state index contributed by atoms with van der Waals surface area (Å²) in [6.07, 6.45) is 2.36. The molecule has 0 aromatic heterocycles. The molecule has 1 amide bonds. The summed E-state index contributed by atoms with van der Waals surface area (Å²) in [4.78, 5) is 14.4. The minimum absolute atomic E-state index is 0.177. The van der Waals surface area contributed by atoms with Crippen LogP contribution in [0.15, 0.2) is 60.0 Å². The highest BCUT2D eigenvalue weighted by Crippen LogP contribution is 2.25. The van der Waals surface area contributed by atoms with Gasteiger partial charge in [-0.1, -0.05) is 25.1 Å². The van der Waals surface area contributed by atoms with Gasteiger partial charge in [-0.3, -0.25) is 4.79 Å². The summed E-state index contributed by atoms with van der Waals surface area (Å²) < 4.78 is 37.1. The Morgan fingerprint density at radius 1 is 1.20 bits per heavy atom. The lowest BCUT2D eigenvalue weighted by Crippen LogP contribution is -2.41. The van der Waals surface area contributed by atoms with E-state index in [4.69, 9.17) is 0 Å². The van der Waals surface area contributed by atoms with Gasteiger partial charge in [0.2, 0.25) is 0 Å². The van der Waals surface area contributed by atoms with Crippen LogP contribution in [0.5, 0.6) is 0 Å². The van der Waals surface area contributed by atoms with Crippen LogP contribution >= 0.6 is 0 Å². The zero-order chi connectivity index (χ0) is 18.0. The molecule has 0 saturated heterocycles. The molecule has 0 radical (unpaired) electrons. The molecule has 2 aromatic carbocycles. The van der Waals surface area contributed by atoms with E-state index in [1.807, 2.05) is 19.1 Å². The first-order valence-electron chi connectivity index (χ1n) is 7.98. The number of carbonyl (C=O) groups excluding carboxylic acids is 1. The quantitative estimate of drug-likeness (QED) is 0.841. The Kier molecular flexibility index (Phi) is 4.72. The zero-order valence-electron chi connectivity index (χ0n) is 13.7. The Labute approximate surface area is 146 Å². The van der Waals surface area contributed by atoms with Gasteiger partial charge in [0.05, 0.1) is 11.8 Å². The third kappa shape index (κ3) is 3.79. The molecular weight excluding hydrogens is 341 g/mol. The molecule has 0 fully saturated rings. The maximum absolute atomic E-state index is 13.5. The number of rotatable bonds is 4. The molecule has 25 heavy (non-hydrogen) atoms. The highest BCUT2D eigenvalue weighted by atomic mass is 32.2. The van der Waals surface area contributed by atoms with E-state index in [1.54, 1.807) is 12.1 Å². The smallest absolute Gasteiger partial charge is 0.258 e. The van der Waals surface area contributed by atoms with Crippen LogP contribution in [0.4, 0.5) is 10.1 Å². The molecule has 0 spiro atoms. The number of benzene rings is 2. The summed E-state index contributed by atoms with van der Waals surface area (Å²) >= 11 is 0. The second-order valence-electron chi connectivity index (χ2n) is 5.93. The number of nitrogens with zero attached hydrogens (tertiary/aromatic N) is 1. The molecular formula is C19H18FNO3S. The van der Waals surface area contributed by atoms with E-state index in [2.05, 4.69) is 0 Å². The molecule has 0 aliphatic carbocycles. The van der Waals surface area contributed by atoms with E-state index < -0.39 is 27.6 Å². The Hall–Kier alpha value is -2.47. The van der Waals surface area contributed by atoms with Crippen molar-refractivity contribution in [2.24, 2.45) is 0 Å². The maximum atomic E-state index is 13.5. The standard InChI is InChI=1S/C19H18FNO3S/c1-2-14-6-8-17(9-7-14)21(18-10-11-25(23,24)13-18)19(22)15-4-3-5-16(20)12-15/h3-12,18H,2,13H2,1H3/t18-/m0/s1. The van der Waals surface area contributed by atoms with Gasteiger partial charge in [0, 0.05) is 16.7 Å². The first-order valence-corrected chi connectivity index (χ1v) is 9.70. The number of hydrogen-bond acceptors (Lipinski definition) is 3. The first-order chi connectivity index (χ1) is 11.9. The SMILES string of the molecule is CCc1ccc(N(C(=O)c2cccc(F)c2)[C@H]2C=CS(=O)(=O)C2)cc1. The van der Waals surface area contributed by atoms with Crippen LogP contribution in [0.3, 0.4) is 0 Å². The van der Waals surface area contributed by atoms with Gasteiger partial charge in [0.15, 0.2) is 9.84 Å². The third-order valence-electron chi connectivity index (χ3n) is 4.16. The van der Waals surface area contributed by atoms with Crippen molar-refractivity contribution in [2.45, 2.75) is 19.4 Å². The van der Waals surface area contributed by atoms with Crippen LogP contribution in [0, 0.1) is 5.82 Å². The largest absolute Gasteiger partial charge is 0.300 e. The van der Waals surface area contributed by atoms with Gasteiger partial charge < -0.3 is 4.90 Å². The van der Waals surface area contributed by atoms with Crippen LogP contribution in [0.25, 0.3) is 0 Å². The van der Waals surface area contributed by atoms with Crippen molar-refractivity contribution in [3.63, 3.8) is 0 Å². The monoisotopic (exact) mass is 359 g/mol. The predicted molar refractivity (Wildman–Crippen MR) is 95.7 cm³/mol. The molecule has 3 rings (SSSR count). The molecule has 130 valence electrons. The molecule has 0 unspecified atom stereocenters. The first kappa shape index (κ1) is 17.4. The van der Waals surface area contributed by atoms with Gasteiger partial charge in [-0.25, -0.2) is 12.8 Å². The number of hydrogen-bond donors (Lipinski definition) is 0. The number of sulfone groups is 1. The number of anilines is 1. The summed E-state index contributed by atoms with van der Waals surface area (Å²) in [6.45, 7) is 2.02. The van der Waals surface area contributed by atoms with Gasteiger partial charge >= 0.3 is 0 Å². The lowest BCUT2D eigenvalue weighted by Gasteiger charge is -2.28. The van der Waals surface area contributed by atoms with Crippen LogP contribution in [0.2, 0.25) is 0 Å². The molecule has 1 aliphatic rings. The van der Waals surface area contributed by atoms with Crippen molar-refractivity contribution in [3.8, 4) is 0 Å². The molecule has 1 aliphatic heterocycles. The zero-order valence-corrected chi connectivity index (χ0v) is 14.5. The summed E-state index contributed by atoms with van der Waals surface area (Å²) in [5.41, 5.74) is 1.87. The molecule has 1 atom stereocenters. The molecule has 6 heteroatoms. The van der Waals surface area contributed by atoms with Crippen LogP contribution in [0.1, 0.15) is 22.8 Å². The predicted octanol–water partition coefficient (Wildman–Crippen LogP) is 3.35. The molecule has 0 saturated carbocycles. The fourth-order valence-electron chi connectivity index (χ4n) is 2.83. The van der Waals surface area contributed by atoms with Crippen LogP contribution < -0.4 is 4.90 Å². The fourth-order valence-corrected chi connectivity index (χ4v) is 4.10. The highest BCUT2D eigenvalue weighted by Gasteiger charge is 2.32. The second-order valence-corrected chi connectivity index (χ2v) is 7.86. The molecule has 4 nitrogen and oxygen atoms in total. The lowest BCUT2D eigenvalue weighted by molar-refractivity contribution is 0.0982. The minimum atomic E-state index is -3.33. The third-order valence-corrected chi connectivity index (χ3v) is 5.53. The van der Waals surface area contributed by atoms with Gasteiger partial charge in [-0.2, -0.15) is 0 Å². The van der Waals surface area contributed by atoms with Crippen molar-refractivity contribution >= 4 is 21.4 Å². The maximum Gasteiger partial charge on any atom is 0.258 e. The Balaban J connectivity index is 2.02. The summed E-state index contributed by atoms with van der Waals surface area (Å²) in [6, 6.07) is 12.1. The fraction of sp³-hybridized carbons (Fsp3) is 0.211. The van der Waals surface area contributed by atoms with Crippen molar-refractivity contribution in [2.75, 3.05) is 10.7 Å². The number of aryl methyl sites for hydroxylation is 1. The van der Waals surface area contributed by atoms with E-state index in [9.17, 15) is 17.6 Å². The van der Waals surface area contributed by atoms with E-state index in [-0.39, 0.29) is 11.3 Å². The minimum Gasteiger partial charge on any atom is -0.300 e. The van der Waals surface area contributed by atoms with Gasteiger partial charge in [0.25, 0.3) is 5.91 Å². The molecule has 0 N–H and O–H groups in total. The lowest BCUT2D eigenvalue weighted by atomic mass is 10.1.